The molecule has 0 bridgehead atoms. The van der Waals surface area contributed by atoms with Crippen LogP contribution in [0.4, 0.5) is 0 Å². The van der Waals surface area contributed by atoms with Gasteiger partial charge in [0, 0.05) is 0 Å². The van der Waals surface area contributed by atoms with Crippen molar-refractivity contribution in [2.24, 2.45) is 11.7 Å². The molecule has 0 spiro atoms. The summed E-state index contributed by atoms with van der Waals surface area (Å²) in [5.74, 6) is -0.588. The van der Waals surface area contributed by atoms with Gasteiger partial charge in [-0.25, -0.2) is 0 Å². The minimum Gasteiger partial charge on any atom is -0.368 e. The van der Waals surface area contributed by atoms with Gasteiger partial charge in [0.1, 0.15) is 6.04 Å². The molecular formula is C20H22N2O2. The van der Waals surface area contributed by atoms with E-state index in [1.807, 2.05) is 60.7 Å². The van der Waals surface area contributed by atoms with Crippen molar-refractivity contribution >= 4 is 11.8 Å². The van der Waals surface area contributed by atoms with Crippen molar-refractivity contribution in [1.29, 1.82) is 0 Å². The predicted molar refractivity (Wildman–Crippen MR) is 93.2 cm³/mol. The molecular weight excluding hydrogens is 300 g/mol. The van der Waals surface area contributed by atoms with E-state index in [2.05, 4.69) is 5.32 Å². The van der Waals surface area contributed by atoms with Gasteiger partial charge in [0.25, 0.3) is 0 Å². The third-order valence-electron chi connectivity index (χ3n) is 4.45. The molecule has 1 aliphatic carbocycles. The van der Waals surface area contributed by atoms with Crippen LogP contribution < -0.4 is 11.1 Å². The molecule has 0 aliphatic heterocycles. The molecule has 3 rings (SSSR count). The summed E-state index contributed by atoms with van der Waals surface area (Å²) >= 11 is 0. The Kier molecular flexibility index (Phi) is 4.94. The van der Waals surface area contributed by atoms with Crippen LogP contribution in [0.15, 0.2) is 60.7 Å². The molecule has 0 radical (unpaired) electrons. The van der Waals surface area contributed by atoms with E-state index in [1.165, 1.54) is 0 Å². The summed E-state index contributed by atoms with van der Waals surface area (Å²) in [5, 5.41) is 2.87. The maximum atomic E-state index is 12.9. The van der Waals surface area contributed by atoms with Gasteiger partial charge in [-0.15, -0.1) is 0 Å². The summed E-state index contributed by atoms with van der Waals surface area (Å²) in [4.78, 5) is 24.6. The van der Waals surface area contributed by atoms with E-state index < -0.39 is 17.9 Å². The molecule has 2 amide bonds. The van der Waals surface area contributed by atoms with Gasteiger partial charge in [0.05, 0.1) is 5.92 Å². The fourth-order valence-electron chi connectivity index (χ4n) is 2.97. The van der Waals surface area contributed by atoms with Crippen LogP contribution in [0, 0.1) is 5.92 Å². The number of carbonyl (C=O) groups is 2. The Morgan fingerprint density at radius 1 is 0.958 bits per heavy atom. The van der Waals surface area contributed by atoms with E-state index >= 15 is 0 Å². The van der Waals surface area contributed by atoms with Gasteiger partial charge in [-0.05, 0) is 23.5 Å². The molecule has 0 unspecified atom stereocenters. The molecule has 0 heterocycles. The third kappa shape index (κ3) is 4.02. The molecule has 4 heteroatoms. The van der Waals surface area contributed by atoms with E-state index in [0.29, 0.717) is 12.3 Å². The van der Waals surface area contributed by atoms with E-state index in [0.717, 1.165) is 24.0 Å². The number of benzene rings is 2. The van der Waals surface area contributed by atoms with Crippen LogP contribution >= 0.6 is 0 Å². The van der Waals surface area contributed by atoms with Crippen LogP contribution in [0.2, 0.25) is 0 Å². The first-order valence-electron chi connectivity index (χ1n) is 8.34. The van der Waals surface area contributed by atoms with Crippen molar-refractivity contribution in [2.45, 2.75) is 31.2 Å². The number of rotatable bonds is 7. The fraction of sp³-hybridized carbons (Fsp3) is 0.300. The van der Waals surface area contributed by atoms with Crippen LogP contribution in [0.25, 0.3) is 0 Å². The SMILES string of the molecule is NC(=O)[C@H](CC1CC1)NC(=O)C(c1ccccc1)c1ccccc1. The molecule has 0 aromatic heterocycles. The maximum absolute atomic E-state index is 12.9. The number of amides is 2. The lowest BCUT2D eigenvalue weighted by molar-refractivity contribution is -0.128. The second-order valence-corrected chi connectivity index (χ2v) is 6.40. The highest BCUT2D eigenvalue weighted by molar-refractivity contribution is 5.91. The molecule has 1 aliphatic rings. The zero-order chi connectivity index (χ0) is 16.9. The van der Waals surface area contributed by atoms with Gasteiger partial charge in [0.2, 0.25) is 11.8 Å². The first-order valence-corrected chi connectivity index (χ1v) is 8.34. The van der Waals surface area contributed by atoms with Crippen molar-refractivity contribution in [2.75, 3.05) is 0 Å². The van der Waals surface area contributed by atoms with Gasteiger partial charge in [-0.2, -0.15) is 0 Å². The summed E-state index contributed by atoms with van der Waals surface area (Å²) < 4.78 is 0. The molecule has 3 N–H and O–H groups in total. The standard InChI is InChI=1S/C20H22N2O2/c21-19(23)17(13-14-11-12-14)22-20(24)18(15-7-3-1-4-8-15)16-9-5-2-6-10-16/h1-10,14,17-18H,11-13H2,(H2,21,23)(H,22,24)/t17-/m0/s1. The quantitative estimate of drug-likeness (QED) is 0.822. The summed E-state index contributed by atoms with van der Waals surface area (Å²) in [7, 11) is 0. The largest absolute Gasteiger partial charge is 0.368 e. The van der Waals surface area contributed by atoms with Crippen LogP contribution in [0.1, 0.15) is 36.3 Å². The van der Waals surface area contributed by atoms with Gasteiger partial charge in [0.15, 0.2) is 0 Å². The molecule has 124 valence electrons. The van der Waals surface area contributed by atoms with Crippen LogP contribution in [-0.4, -0.2) is 17.9 Å². The predicted octanol–water partition coefficient (Wildman–Crippen LogP) is 2.59. The van der Waals surface area contributed by atoms with Gasteiger partial charge >= 0.3 is 0 Å². The summed E-state index contributed by atoms with van der Waals surface area (Å²) in [5.41, 5.74) is 7.28. The highest BCUT2D eigenvalue weighted by atomic mass is 16.2. The Morgan fingerprint density at radius 2 is 1.46 bits per heavy atom. The zero-order valence-corrected chi connectivity index (χ0v) is 13.5. The highest BCUT2D eigenvalue weighted by Crippen LogP contribution is 2.34. The molecule has 4 nitrogen and oxygen atoms in total. The minimum absolute atomic E-state index is 0.183. The van der Waals surface area contributed by atoms with Crippen LogP contribution in [-0.2, 0) is 9.59 Å². The Bertz CT molecular complexity index is 657. The zero-order valence-electron chi connectivity index (χ0n) is 13.5. The van der Waals surface area contributed by atoms with Crippen LogP contribution in [0.5, 0.6) is 0 Å². The number of carbonyl (C=O) groups excluding carboxylic acids is 2. The van der Waals surface area contributed by atoms with E-state index in [-0.39, 0.29) is 5.91 Å². The molecule has 0 saturated heterocycles. The van der Waals surface area contributed by atoms with E-state index in [1.54, 1.807) is 0 Å². The molecule has 1 fully saturated rings. The first-order chi connectivity index (χ1) is 11.6. The van der Waals surface area contributed by atoms with Crippen molar-refractivity contribution in [3.8, 4) is 0 Å². The maximum Gasteiger partial charge on any atom is 0.240 e. The normalized spacial score (nSPS) is 15.0. The summed E-state index contributed by atoms with van der Waals surface area (Å²) in [6.45, 7) is 0. The average molecular weight is 322 g/mol. The number of nitrogens with two attached hydrogens (primary N) is 1. The second kappa shape index (κ2) is 7.30. The molecule has 24 heavy (non-hydrogen) atoms. The van der Waals surface area contributed by atoms with Crippen molar-refractivity contribution in [3.63, 3.8) is 0 Å². The Balaban J connectivity index is 1.84. The van der Waals surface area contributed by atoms with Crippen molar-refractivity contribution < 1.29 is 9.59 Å². The third-order valence-corrected chi connectivity index (χ3v) is 4.45. The monoisotopic (exact) mass is 322 g/mol. The van der Waals surface area contributed by atoms with Gasteiger partial charge in [-0.1, -0.05) is 73.5 Å². The summed E-state index contributed by atoms with van der Waals surface area (Å²) in [6, 6.07) is 18.6. The molecule has 1 atom stereocenters. The lowest BCUT2D eigenvalue weighted by atomic mass is 9.90. The molecule has 1 saturated carbocycles. The Hall–Kier alpha value is -2.62. The van der Waals surface area contributed by atoms with E-state index in [9.17, 15) is 9.59 Å². The highest BCUT2D eigenvalue weighted by Gasteiger charge is 2.31. The minimum atomic E-state index is -0.597. The number of primary amides is 1. The van der Waals surface area contributed by atoms with Gasteiger partial charge < -0.3 is 11.1 Å². The first kappa shape index (κ1) is 16.2. The van der Waals surface area contributed by atoms with Crippen molar-refractivity contribution in [3.05, 3.63) is 71.8 Å². The fourth-order valence-corrected chi connectivity index (χ4v) is 2.97. The van der Waals surface area contributed by atoms with Gasteiger partial charge in [-0.3, -0.25) is 9.59 Å². The average Bonchev–Trinajstić information content (AvgIpc) is 3.40. The smallest absolute Gasteiger partial charge is 0.240 e. The Morgan fingerprint density at radius 3 is 1.88 bits per heavy atom. The number of nitrogens with one attached hydrogen (secondary N) is 1. The number of hydrogen-bond acceptors (Lipinski definition) is 2. The number of hydrogen-bond donors (Lipinski definition) is 2. The Labute approximate surface area is 142 Å². The topological polar surface area (TPSA) is 72.2 Å². The van der Waals surface area contributed by atoms with E-state index in [4.69, 9.17) is 5.73 Å². The lowest BCUT2D eigenvalue weighted by Gasteiger charge is -2.21. The summed E-state index contributed by atoms with van der Waals surface area (Å²) in [6.07, 6.45) is 2.86. The van der Waals surface area contributed by atoms with Crippen LogP contribution in [0.3, 0.4) is 0 Å². The second-order valence-electron chi connectivity index (χ2n) is 6.40. The van der Waals surface area contributed by atoms with Crippen molar-refractivity contribution in [1.82, 2.24) is 5.32 Å². The molecule has 2 aromatic rings. The molecule has 2 aromatic carbocycles. The lowest BCUT2D eigenvalue weighted by Crippen LogP contribution is -2.46.